The van der Waals surface area contributed by atoms with E-state index in [1.165, 1.54) is 6.92 Å². The summed E-state index contributed by atoms with van der Waals surface area (Å²) in [6.45, 7) is 6.12. The highest BCUT2D eigenvalue weighted by molar-refractivity contribution is 4.89. The van der Waals surface area contributed by atoms with Gasteiger partial charge in [-0.2, -0.15) is 0 Å². The van der Waals surface area contributed by atoms with Gasteiger partial charge in [0.05, 0.1) is 6.04 Å². The monoisotopic (exact) mass is 165 g/mol. The molecule has 0 saturated heterocycles. The van der Waals surface area contributed by atoms with Crippen molar-refractivity contribution in [1.82, 2.24) is 5.32 Å². The van der Waals surface area contributed by atoms with Gasteiger partial charge in [-0.3, -0.25) is 0 Å². The molecule has 0 bridgehead atoms. The van der Waals surface area contributed by atoms with Crippen molar-refractivity contribution in [2.75, 3.05) is 7.05 Å². The van der Waals surface area contributed by atoms with Crippen LogP contribution in [0.3, 0.4) is 0 Å². The number of hydrogen-bond acceptors (Lipinski definition) is 1. The normalized spacial score (nSPS) is 16.6. The molecule has 0 radical (unpaired) electrons. The van der Waals surface area contributed by atoms with E-state index < -0.39 is 17.4 Å². The maximum absolute atomic E-state index is 13.3. The van der Waals surface area contributed by atoms with Gasteiger partial charge in [-0.05, 0) is 14.0 Å². The van der Waals surface area contributed by atoms with Gasteiger partial charge in [0.1, 0.15) is 0 Å². The molecule has 3 heteroatoms. The Morgan fingerprint density at radius 2 is 1.55 bits per heavy atom. The highest BCUT2D eigenvalue weighted by atomic mass is 19.3. The molecule has 1 N–H and O–H groups in total. The van der Waals surface area contributed by atoms with Crippen molar-refractivity contribution in [3.8, 4) is 0 Å². The minimum Gasteiger partial charge on any atom is -0.312 e. The highest BCUT2D eigenvalue weighted by Gasteiger charge is 2.47. The van der Waals surface area contributed by atoms with Gasteiger partial charge in [-0.1, -0.05) is 20.8 Å². The fraction of sp³-hybridized carbons (Fsp3) is 1.00. The Bertz CT molecular complexity index is 127. The topological polar surface area (TPSA) is 12.0 Å². The van der Waals surface area contributed by atoms with Crippen LogP contribution < -0.4 is 5.32 Å². The molecule has 0 aliphatic heterocycles. The molecule has 68 valence electrons. The molecular weight excluding hydrogens is 148 g/mol. The van der Waals surface area contributed by atoms with Gasteiger partial charge in [0, 0.05) is 5.41 Å². The Balaban J connectivity index is 4.45. The zero-order chi connectivity index (χ0) is 9.28. The lowest BCUT2D eigenvalue weighted by molar-refractivity contribution is -0.118. The van der Waals surface area contributed by atoms with Gasteiger partial charge in [0.2, 0.25) is 0 Å². The number of hydrogen-bond donors (Lipinski definition) is 1. The smallest absolute Gasteiger partial charge is 0.267 e. The van der Waals surface area contributed by atoms with E-state index in [4.69, 9.17) is 0 Å². The largest absolute Gasteiger partial charge is 0.312 e. The highest BCUT2D eigenvalue weighted by Crippen LogP contribution is 2.37. The fourth-order valence-electron chi connectivity index (χ4n) is 0.831. The molecule has 1 nitrogen and oxygen atoms in total. The van der Waals surface area contributed by atoms with Crippen LogP contribution in [0.1, 0.15) is 27.7 Å². The SMILES string of the molecule is CNC(C)C(F)(F)C(C)(C)C. The molecule has 0 amide bonds. The summed E-state index contributed by atoms with van der Waals surface area (Å²) in [6.07, 6.45) is 0. The Labute approximate surface area is 67.2 Å². The van der Waals surface area contributed by atoms with E-state index in [1.807, 2.05) is 0 Å². The summed E-state index contributed by atoms with van der Waals surface area (Å²) in [4.78, 5) is 0. The number of alkyl halides is 2. The van der Waals surface area contributed by atoms with E-state index in [2.05, 4.69) is 5.32 Å². The second-order valence-electron chi connectivity index (χ2n) is 3.88. The molecule has 0 saturated carbocycles. The lowest BCUT2D eigenvalue weighted by Gasteiger charge is -2.34. The molecule has 0 fully saturated rings. The molecule has 0 aromatic rings. The molecule has 1 unspecified atom stereocenters. The summed E-state index contributed by atoms with van der Waals surface area (Å²) in [5, 5.41) is 2.56. The van der Waals surface area contributed by atoms with E-state index in [0.29, 0.717) is 0 Å². The zero-order valence-corrected chi connectivity index (χ0v) is 7.83. The summed E-state index contributed by atoms with van der Waals surface area (Å²) >= 11 is 0. The first kappa shape index (κ1) is 10.8. The maximum Gasteiger partial charge on any atom is 0.267 e. The van der Waals surface area contributed by atoms with Crippen LogP contribution in [-0.4, -0.2) is 19.0 Å². The van der Waals surface area contributed by atoms with Gasteiger partial charge >= 0.3 is 0 Å². The number of halogens is 2. The molecule has 0 aromatic heterocycles. The van der Waals surface area contributed by atoms with Crippen molar-refractivity contribution in [3.63, 3.8) is 0 Å². The van der Waals surface area contributed by atoms with E-state index in [-0.39, 0.29) is 0 Å². The second kappa shape index (κ2) is 3.05. The summed E-state index contributed by atoms with van der Waals surface area (Å²) in [5.41, 5.74) is -0.977. The van der Waals surface area contributed by atoms with Crippen LogP contribution in [0.25, 0.3) is 0 Å². The lowest BCUT2D eigenvalue weighted by Crippen LogP contribution is -2.49. The first-order chi connectivity index (χ1) is 4.73. The number of nitrogens with one attached hydrogen (secondary N) is 1. The van der Waals surface area contributed by atoms with Gasteiger partial charge < -0.3 is 5.32 Å². The van der Waals surface area contributed by atoms with Crippen molar-refractivity contribution in [1.29, 1.82) is 0 Å². The molecule has 11 heavy (non-hydrogen) atoms. The third-order valence-corrected chi connectivity index (χ3v) is 1.98. The average molecular weight is 165 g/mol. The minimum atomic E-state index is -2.66. The van der Waals surface area contributed by atoms with Crippen molar-refractivity contribution < 1.29 is 8.78 Å². The molecule has 0 aliphatic carbocycles. The van der Waals surface area contributed by atoms with Crippen LogP contribution >= 0.6 is 0 Å². The maximum atomic E-state index is 13.3. The lowest BCUT2D eigenvalue weighted by atomic mass is 9.84. The third kappa shape index (κ3) is 2.12. The van der Waals surface area contributed by atoms with Crippen molar-refractivity contribution >= 4 is 0 Å². The summed E-state index contributed by atoms with van der Waals surface area (Å²) in [5.74, 6) is -2.66. The Hall–Kier alpha value is -0.180. The van der Waals surface area contributed by atoms with E-state index in [0.717, 1.165) is 0 Å². The summed E-state index contributed by atoms with van der Waals surface area (Å²) in [7, 11) is 1.55. The van der Waals surface area contributed by atoms with E-state index >= 15 is 0 Å². The van der Waals surface area contributed by atoms with Crippen molar-refractivity contribution in [2.24, 2.45) is 5.41 Å². The van der Waals surface area contributed by atoms with Crippen LogP contribution in [0.4, 0.5) is 8.78 Å². The van der Waals surface area contributed by atoms with Crippen LogP contribution in [-0.2, 0) is 0 Å². The van der Waals surface area contributed by atoms with Crippen molar-refractivity contribution in [2.45, 2.75) is 39.7 Å². The molecular formula is C8H17F2N. The summed E-state index contributed by atoms with van der Waals surface area (Å²) < 4.78 is 26.5. The first-order valence-corrected chi connectivity index (χ1v) is 3.78. The molecule has 0 aliphatic rings. The van der Waals surface area contributed by atoms with Gasteiger partial charge in [-0.25, -0.2) is 8.78 Å². The standard InChI is InChI=1S/C8H17F2N/c1-6(11-5)8(9,10)7(2,3)4/h6,11H,1-5H3. The fourth-order valence-corrected chi connectivity index (χ4v) is 0.831. The molecule has 0 aromatic carbocycles. The predicted octanol–water partition coefficient (Wildman–Crippen LogP) is 2.28. The van der Waals surface area contributed by atoms with Gasteiger partial charge in [-0.15, -0.1) is 0 Å². The minimum absolute atomic E-state index is 0.775. The zero-order valence-electron chi connectivity index (χ0n) is 7.83. The molecule has 0 spiro atoms. The number of rotatable bonds is 2. The van der Waals surface area contributed by atoms with Crippen LogP contribution in [0.5, 0.6) is 0 Å². The third-order valence-electron chi connectivity index (χ3n) is 1.98. The summed E-state index contributed by atoms with van der Waals surface area (Å²) in [6, 6.07) is -0.775. The molecule has 1 atom stereocenters. The Kier molecular flexibility index (Phi) is 3.00. The predicted molar refractivity (Wildman–Crippen MR) is 42.9 cm³/mol. The van der Waals surface area contributed by atoms with Crippen LogP contribution in [0.15, 0.2) is 0 Å². The van der Waals surface area contributed by atoms with Gasteiger partial charge in [0.15, 0.2) is 0 Å². The Morgan fingerprint density at radius 3 is 1.64 bits per heavy atom. The van der Waals surface area contributed by atoms with Crippen LogP contribution in [0.2, 0.25) is 0 Å². The average Bonchev–Trinajstić information content (AvgIpc) is 1.83. The Morgan fingerprint density at radius 1 is 1.18 bits per heavy atom. The van der Waals surface area contributed by atoms with E-state index in [9.17, 15) is 8.78 Å². The van der Waals surface area contributed by atoms with Crippen LogP contribution in [0, 0.1) is 5.41 Å². The molecule has 0 heterocycles. The first-order valence-electron chi connectivity index (χ1n) is 3.78. The molecule has 0 rings (SSSR count). The quantitative estimate of drug-likeness (QED) is 0.662. The van der Waals surface area contributed by atoms with Crippen molar-refractivity contribution in [3.05, 3.63) is 0 Å². The van der Waals surface area contributed by atoms with Gasteiger partial charge in [0.25, 0.3) is 5.92 Å². The van der Waals surface area contributed by atoms with E-state index in [1.54, 1.807) is 27.8 Å². The second-order valence-corrected chi connectivity index (χ2v) is 3.88.